The fraction of sp³-hybridized carbons (Fsp3) is 0.409. The van der Waals surface area contributed by atoms with E-state index in [0.29, 0.717) is 13.1 Å². The van der Waals surface area contributed by atoms with Gasteiger partial charge in [-0.3, -0.25) is 4.79 Å². The second-order valence-electron chi connectivity index (χ2n) is 7.93. The fourth-order valence-electron chi connectivity index (χ4n) is 3.82. The van der Waals surface area contributed by atoms with E-state index >= 15 is 0 Å². The Morgan fingerprint density at radius 1 is 1.11 bits per heavy atom. The fourth-order valence-corrected chi connectivity index (χ4v) is 3.82. The van der Waals surface area contributed by atoms with Crippen LogP contribution < -0.4 is 19.3 Å². The number of nitrogens with zero attached hydrogens (tertiary/aromatic N) is 2. The lowest BCUT2D eigenvalue weighted by Gasteiger charge is -2.42. The third-order valence-corrected chi connectivity index (χ3v) is 5.31. The molecule has 2 aliphatic rings. The van der Waals surface area contributed by atoms with Crippen LogP contribution in [0.5, 0.6) is 11.5 Å². The highest BCUT2D eigenvalue weighted by Gasteiger charge is 2.35. The largest absolute Gasteiger partial charge is 0.497 e. The van der Waals surface area contributed by atoms with E-state index in [2.05, 4.69) is 47.9 Å². The molecule has 0 spiro atoms. The van der Waals surface area contributed by atoms with E-state index in [-0.39, 0.29) is 17.5 Å². The van der Waals surface area contributed by atoms with Crippen LogP contribution in [0.4, 0.5) is 17.1 Å². The number of hydrogen-bond acceptors (Lipinski definition) is 6. The summed E-state index contributed by atoms with van der Waals surface area (Å²) < 4.78 is 16.4. The number of rotatable bonds is 4. The van der Waals surface area contributed by atoms with Crippen molar-refractivity contribution >= 4 is 23.0 Å². The number of benzene rings is 2. The summed E-state index contributed by atoms with van der Waals surface area (Å²) in [5.41, 5.74) is 2.90. The maximum atomic E-state index is 11.7. The molecule has 2 aromatic rings. The van der Waals surface area contributed by atoms with Gasteiger partial charge in [0.05, 0.1) is 32.4 Å². The Bertz CT molecular complexity index is 890. The molecule has 28 heavy (non-hydrogen) atoms. The smallest absolute Gasteiger partial charge is 0.312 e. The molecule has 0 aromatic heterocycles. The highest BCUT2D eigenvalue weighted by Crippen LogP contribution is 2.43. The molecule has 6 heteroatoms. The van der Waals surface area contributed by atoms with Crippen LogP contribution in [0.15, 0.2) is 42.5 Å². The van der Waals surface area contributed by atoms with Crippen LogP contribution in [-0.4, -0.2) is 45.4 Å². The van der Waals surface area contributed by atoms with Gasteiger partial charge in [0.2, 0.25) is 0 Å². The van der Waals surface area contributed by atoms with Crippen LogP contribution >= 0.6 is 0 Å². The van der Waals surface area contributed by atoms with Crippen molar-refractivity contribution < 1.29 is 19.0 Å². The minimum absolute atomic E-state index is 0.0378. The Morgan fingerprint density at radius 2 is 1.86 bits per heavy atom. The van der Waals surface area contributed by atoms with Gasteiger partial charge >= 0.3 is 5.97 Å². The van der Waals surface area contributed by atoms with Crippen molar-refractivity contribution in [1.82, 2.24) is 0 Å². The third-order valence-electron chi connectivity index (χ3n) is 5.31. The molecule has 1 fully saturated rings. The van der Waals surface area contributed by atoms with Crippen LogP contribution in [0.1, 0.15) is 13.8 Å². The van der Waals surface area contributed by atoms with Gasteiger partial charge in [0.1, 0.15) is 17.1 Å². The summed E-state index contributed by atoms with van der Waals surface area (Å²) in [6, 6.07) is 14.3. The van der Waals surface area contributed by atoms with Crippen molar-refractivity contribution in [3.05, 3.63) is 42.5 Å². The molecule has 6 nitrogen and oxygen atoms in total. The van der Waals surface area contributed by atoms with Crippen molar-refractivity contribution in [3.8, 4) is 11.5 Å². The Morgan fingerprint density at radius 3 is 2.57 bits per heavy atom. The molecule has 2 aliphatic heterocycles. The molecule has 0 saturated carbocycles. The van der Waals surface area contributed by atoms with Crippen molar-refractivity contribution in [2.45, 2.75) is 19.4 Å². The quantitative estimate of drug-likeness (QED) is 0.753. The Hall–Kier alpha value is -2.89. The average Bonchev–Trinajstić information content (AvgIpc) is 2.65. The molecule has 2 aromatic carbocycles. The lowest BCUT2D eigenvalue weighted by atomic mass is 9.99. The van der Waals surface area contributed by atoms with Crippen molar-refractivity contribution in [3.63, 3.8) is 0 Å². The molecule has 0 N–H and O–H groups in total. The molecule has 0 radical (unpaired) electrons. The summed E-state index contributed by atoms with van der Waals surface area (Å²) >= 11 is 0. The van der Waals surface area contributed by atoms with Crippen LogP contribution in [0.3, 0.4) is 0 Å². The zero-order chi connectivity index (χ0) is 19.9. The normalized spacial score (nSPS) is 18.0. The van der Waals surface area contributed by atoms with Crippen molar-refractivity contribution in [2.24, 2.45) is 5.92 Å². The summed E-state index contributed by atoms with van der Waals surface area (Å²) in [6.07, 6.45) is 0. The third kappa shape index (κ3) is 3.35. The summed E-state index contributed by atoms with van der Waals surface area (Å²) in [5.74, 6) is 1.42. The maximum Gasteiger partial charge on any atom is 0.312 e. The molecule has 148 valence electrons. The number of carbonyl (C=O) groups excluding carboxylic acids is 1. The number of hydrogen-bond donors (Lipinski definition) is 0. The number of fused-ring (bicyclic) bond motifs is 1. The average molecular weight is 382 g/mol. The molecular weight excluding hydrogens is 356 g/mol. The standard InChI is InChI=1S/C22H26N2O4/c1-22(2)14-24(19-9-8-18(26-3)11-20(19)28-22)17-7-5-6-16(10-17)23-12-15(13-23)21(25)27-4/h5-11,15H,12-14H2,1-4H3. The first-order valence-electron chi connectivity index (χ1n) is 9.47. The molecule has 0 amide bonds. The van der Waals surface area contributed by atoms with Crippen LogP contribution in [0.2, 0.25) is 0 Å². The van der Waals surface area contributed by atoms with E-state index in [1.807, 2.05) is 18.2 Å². The lowest BCUT2D eigenvalue weighted by Crippen LogP contribution is -2.51. The van der Waals surface area contributed by atoms with E-state index < -0.39 is 0 Å². The van der Waals surface area contributed by atoms with E-state index in [9.17, 15) is 4.79 Å². The van der Waals surface area contributed by atoms with Gasteiger partial charge in [-0.05, 0) is 44.2 Å². The van der Waals surface area contributed by atoms with Gasteiger partial charge in [-0.15, -0.1) is 0 Å². The van der Waals surface area contributed by atoms with Gasteiger partial charge in [-0.1, -0.05) is 6.07 Å². The van der Waals surface area contributed by atoms with E-state index in [1.54, 1.807) is 7.11 Å². The van der Waals surface area contributed by atoms with Crippen molar-refractivity contribution in [1.29, 1.82) is 0 Å². The SMILES string of the molecule is COC(=O)C1CN(c2cccc(N3CC(C)(C)Oc4cc(OC)ccc43)c2)C1. The minimum Gasteiger partial charge on any atom is -0.497 e. The van der Waals surface area contributed by atoms with Gasteiger partial charge in [-0.2, -0.15) is 0 Å². The van der Waals surface area contributed by atoms with Gasteiger partial charge in [0, 0.05) is 30.5 Å². The Kier molecular flexibility index (Phi) is 4.57. The van der Waals surface area contributed by atoms with E-state index in [4.69, 9.17) is 14.2 Å². The molecule has 4 rings (SSSR count). The van der Waals surface area contributed by atoms with Gasteiger partial charge < -0.3 is 24.0 Å². The first-order valence-corrected chi connectivity index (χ1v) is 9.47. The van der Waals surface area contributed by atoms with Crippen LogP contribution in [-0.2, 0) is 9.53 Å². The number of methoxy groups -OCH3 is 2. The highest BCUT2D eigenvalue weighted by atomic mass is 16.5. The number of ether oxygens (including phenoxy) is 3. The number of esters is 1. The highest BCUT2D eigenvalue weighted by molar-refractivity contribution is 5.78. The summed E-state index contributed by atoms with van der Waals surface area (Å²) in [4.78, 5) is 16.1. The molecule has 1 saturated heterocycles. The second-order valence-corrected chi connectivity index (χ2v) is 7.93. The van der Waals surface area contributed by atoms with Crippen LogP contribution in [0.25, 0.3) is 0 Å². The summed E-state index contributed by atoms with van der Waals surface area (Å²) in [7, 11) is 3.10. The van der Waals surface area contributed by atoms with Crippen molar-refractivity contribution in [2.75, 3.05) is 43.7 Å². The second kappa shape index (κ2) is 6.93. The number of carbonyl (C=O) groups is 1. The monoisotopic (exact) mass is 382 g/mol. The first kappa shape index (κ1) is 18.5. The van der Waals surface area contributed by atoms with Crippen LogP contribution in [0, 0.1) is 5.92 Å². The maximum absolute atomic E-state index is 11.7. The minimum atomic E-state index is -0.331. The molecule has 0 atom stereocenters. The predicted octanol–water partition coefficient (Wildman–Crippen LogP) is 3.61. The Labute approximate surface area is 165 Å². The number of anilines is 3. The topological polar surface area (TPSA) is 51.2 Å². The van der Waals surface area contributed by atoms with E-state index in [0.717, 1.165) is 35.1 Å². The van der Waals surface area contributed by atoms with Gasteiger partial charge in [0.15, 0.2) is 0 Å². The zero-order valence-electron chi connectivity index (χ0n) is 16.8. The molecule has 2 heterocycles. The first-order chi connectivity index (χ1) is 13.4. The summed E-state index contributed by atoms with van der Waals surface area (Å²) in [5, 5.41) is 0. The molecule has 0 unspecified atom stereocenters. The molecule has 0 aliphatic carbocycles. The summed E-state index contributed by atoms with van der Waals surface area (Å²) in [6.45, 7) is 6.29. The van der Waals surface area contributed by atoms with Gasteiger partial charge in [0.25, 0.3) is 0 Å². The van der Waals surface area contributed by atoms with Gasteiger partial charge in [-0.25, -0.2) is 0 Å². The predicted molar refractivity (Wildman–Crippen MR) is 109 cm³/mol. The zero-order valence-corrected chi connectivity index (χ0v) is 16.8. The lowest BCUT2D eigenvalue weighted by molar-refractivity contribution is -0.146. The van der Waals surface area contributed by atoms with E-state index in [1.165, 1.54) is 7.11 Å². The molecule has 0 bridgehead atoms. The Balaban J connectivity index is 1.62. The molecular formula is C22H26N2O4.